The molecular formula is C16H15N3O2. The predicted octanol–water partition coefficient (Wildman–Crippen LogP) is 3.52. The van der Waals surface area contributed by atoms with Gasteiger partial charge in [0, 0.05) is 25.1 Å². The zero-order chi connectivity index (χ0) is 14.8. The van der Waals surface area contributed by atoms with Gasteiger partial charge in [0.05, 0.1) is 16.3 Å². The highest BCUT2D eigenvalue weighted by atomic mass is 16.6. The number of nitro groups is 1. The summed E-state index contributed by atoms with van der Waals surface area (Å²) in [5, 5.41) is 17.2. The van der Waals surface area contributed by atoms with Crippen LogP contribution in [0.15, 0.2) is 53.6 Å². The van der Waals surface area contributed by atoms with Crippen LogP contribution in [0.2, 0.25) is 0 Å². The van der Waals surface area contributed by atoms with Crippen LogP contribution < -0.4 is 5.01 Å². The molecule has 1 heterocycles. The fourth-order valence-electron chi connectivity index (χ4n) is 2.34. The number of hydrazone groups is 1. The topological polar surface area (TPSA) is 58.7 Å². The molecular weight excluding hydrogens is 266 g/mol. The zero-order valence-corrected chi connectivity index (χ0v) is 11.7. The first-order valence-electron chi connectivity index (χ1n) is 6.80. The first kappa shape index (κ1) is 13.3. The van der Waals surface area contributed by atoms with Crippen LogP contribution in [0.1, 0.15) is 17.5 Å². The highest BCUT2D eigenvalue weighted by molar-refractivity contribution is 6.02. The molecule has 0 aliphatic carbocycles. The lowest BCUT2D eigenvalue weighted by molar-refractivity contribution is -0.384. The Labute approximate surface area is 122 Å². The minimum Gasteiger partial charge on any atom is -0.265 e. The number of nitro benzene ring substituents is 1. The van der Waals surface area contributed by atoms with Crippen LogP contribution in [0.25, 0.3) is 0 Å². The van der Waals surface area contributed by atoms with E-state index < -0.39 is 4.92 Å². The van der Waals surface area contributed by atoms with Crippen molar-refractivity contribution in [3.05, 3.63) is 69.8 Å². The van der Waals surface area contributed by atoms with E-state index in [2.05, 4.69) is 36.3 Å². The lowest BCUT2D eigenvalue weighted by Gasteiger charge is -2.13. The van der Waals surface area contributed by atoms with Crippen LogP contribution in [-0.2, 0) is 0 Å². The maximum absolute atomic E-state index is 10.7. The molecule has 2 aromatic rings. The molecule has 0 spiro atoms. The lowest BCUT2D eigenvalue weighted by atomic mass is 10.1. The molecule has 0 bridgehead atoms. The van der Waals surface area contributed by atoms with E-state index in [-0.39, 0.29) is 5.69 Å². The lowest BCUT2D eigenvalue weighted by Crippen LogP contribution is -2.11. The van der Waals surface area contributed by atoms with Crippen molar-refractivity contribution in [1.82, 2.24) is 0 Å². The van der Waals surface area contributed by atoms with Crippen molar-refractivity contribution in [3.63, 3.8) is 0 Å². The summed E-state index contributed by atoms with van der Waals surface area (Å²) in [4.78, 5) is 10.3. The summed E-state index contributed by atoms with van der Waals surface area (Å²) in [6.45, 7) is 2.88. The molecule has 5 nitrogen and oxygen atoms in total. The fourth-order valence-corrected chi connectivity index (χ4v) is 2.34. The van der Waals surface area contributed by atoms with Gasteiger partial charge in [-0.25, -0.2) is 0 Å². The highest BCUT2D eigenvalue weighted by Gasteiger charge is 2.17. The van der Waals surface area contributed by atoms with Crippen molar-refractivity contribution in [2.45, 2.75) is 13.3 Å². The predicted molar refractivity (Wildman–Crippen MR) is 82.8 cm³/mol. The second-order valence-corrected chi connectivity index (χ2v) is 5.06. The van der Waals surface area contributed by atoms with Crippen molar-refractivity contribution >= 4 is 17.1 Å². The molecule has 0 radical (unpaired) electrons. The van der Waals surface area contributed by atoms with Gasteiger partial charge in [-0.15, -0.1) is 0 Å². The molecule has 21 heavy (non-hydrogen) atoms. The summed E-state index contributed by atoms with van der Waals surface area (Å²) in [7, 11) is 0. The Hall–Kier alpha value is -2.69. The molecule has 3 rings (SSSR count). The first-order valence-corrected chi connectivity index (χ1v) is 6.80. The van der Waals surface area contributed by atoms with Crippen LogP contribution in [0.5, 0.6) is 0 Å². The number of nitrogens with zero attached hydrogens (tertiary/aromatic N) is 3. The molecule has 2 aromatic carbocycles. The Morgan fingerprint density at radius 2 is 1.76 bits per heavy atom. The van der Waals surface area contributed by atoms with Crippen molar-refractivity contribution in [2.75, 3.05) is 11.6 Å². The normalized spacial score (nSPS) is 14.1. The van der Waals surface area contributed by atoms with E-state index in [1.807, 2.05) is 5.01 Å². The van der Waals surface area contributed by atoms with Crippen molar-refractivity contribution < 1.29 is 4.92 Å². The van der Waals surface area contributed by atoms with Gasteiger partial charge in [0.15, 0.2) is 0 Å². The van der Waals surface area contributed by atoms with Crippen LogP contribution in [0.3, 0.4) is 0 Å². The van der Waals surface area contributed by atoms with E-state index in [4.69, 9.17) is 0 Å². The van der Waals surface area contributed by atoms with E-state index in [1.165, 1.54) is 17.7 Å². The highest BCUT2D eigenvalue weighted by Crippen LogP contribution is 2.23. The van der Waals surface area contributed by atoms with Gasteiger partial charge in [-0.2, -0.15) is 5.10 Å². The van der Waals surface area contributed by atoms with Gasteiger partial charge >= 0.3 is 0 Å². The summed E-state index contributed by atoms with van der Waals surface area (Å²) in [6, 6.07) is 14.8. The van der Waals surface area contributed by atoms with Gasteiger partial charge in [0.25, 0.3) is 5.69 Å². The van der Waals surface area contributed by atoms with E-state index in [9.17, 15) is 10.1 Å². The van der Waals surface area contributed by atoms with Gasteiger partial charge in [0.2, 0.25) is 0 Å². The van der Waals surface area contributed by atoms with Crippen LogP contribution >= 0.6 is 0 Å². The SMILES string of the molecule is Cc1ccc(N2CCC(c3ccc([N+](=O)[O-])cc3)=N2)cc1. The molecule has 106 valence electrons. The Bertz CT molecular complexity index is 690. The Morgan fingerprint density at radius 1 is 1.10 bits per heavy atom. The second kappa shape index (κ2) is 5.36. The largest absolute Gasteiger partial charge is 0.269 e. The Balaban J connectivity index is 1.82. The molecule has 0 aromatic heterocycles. The maximum atomic E-state index is 10.7. The standard InChI is InChI=1S/C16H15N3O2/c1-12-2-6-14(7-3-12)18-11-10-16(17-18)13-4-8-15(9-5-13)19(20)21/h2-9H,10-11H2,1H3. The zero-order valence-electron chi connectivity index (χ0n) is 11.7. The summed E-state index contributed by atoms with van der Waals surface area (Å²) >= 11 is 0. The van der Waals surface area contributed by atoms with Gasteiger partial charge in [-0.05, 0) is 36.8 Å². The number of benzene rings is 2. The minimum atomic E-state index is -0.390. The fraction of sp³-hybridized carbons (Fsp3) is 0.188. The number of rotatable bonds is 3. The Kier molecular flexibility index (Phi) is 3.39. The van der Waals surface area contributed by atoms with Crippen molar-refractivity contribution in [2.24, 2.45) is 5.10 Å². The molecule has 0 amide bonds. The minimum absolute atomic E-state index is 0.104. The monoisotopic (exact) mass is 281 g/mol. The van der Waals surface area contributed by atoms with Crippen LogP contribution in [0, 0.1) is 17.0 Å². The average molecular weight is 281 g/mol. The van der Waals surface area contributed by atoms with E-state index in [0.29, 0.717) is 0 Å². The third-order valence-electron chi connectivity index (χ3n) is 3.55. The smallest absolute Gasteiger partial charge is 0.265 e. The summed E-state index contributed by atoms with van der Waals surface area (Å²) in [5.74, 6) is 0. The van der Waals surface area contributed by atoms with Gasteiger partial charge in [-0.1, -0.05) is 17.7 Å². The summed E-state index contributed by atoms with van der Waals surface area (Å²) in [5.41, 5.74) is 4.29. The third-order valence-corrected chi connectivity index (χ3v) is 3.55. The van der Waals surface area contributed by atoms with E-state index in [0.717, 1.165) is 29.9 Å². The van der Waals surface area contributed by atoms with E-state index in [1.54, 1.807) is 12.1 Å². The molecule has 0 atom stereocenters. The second-order valence-electron chi connectivity index (χ2n) is 5.06. The van der Waals surface area contributed by atoms with Crippen LogP contribution in [-0.4, -0.2) is 17.2 Å². The molecule has 0 fully saturated rings. The Morgan fingerprint density at radius 3 is 2.38 bits per heavy atom. The van der Waals surface area contributed by atoms with Crippen LogP contribution in [0.4, 0.5) is 11.4 Å². The quantitative estimate of drug-likeness (QED) is 0.639. The summed E-state index contributed by atoms with van der Waals surface area (Å²) in [6.07, 6.45) is 0.839. The van der Waals surface area contributed by atoms with Gasteiger partial charge < -0.3 is 0 Å². The number of non-ortho nitro benzene ring substituents is 1. The number of hydrogen-bond acceptors (Lipinski definition) is 4. The molecule has 0 saturated heterocycles. The molecule has 0 unspecified atom stereocenters. The molecule has 1 aliphatic rings. The molecule has 0 saturated carbocycles. The number of hydrogen-bond donors (Lipinski definition) is 0. The molecule has 1 aliphatic heterocycles. The molecule has 0 N–H and O–H groups in total. The van der Waals surface area contributed by atoms with Gasteiger partial charge in [-0.3, -0.25) is 15.1 Å². The van der Waals surface area contributed by atoms with Crippen molar-refractivity contribution in [3.8, 4) is 0 Å². The first-order chi connectivity index (χ1) is 10.1. The van der Waals surface area contributed by atoms with E-state index >= 15 is 0 Å². The van der Waals surface area contributed by atoms with Crippen molar-refractivity contribution in [1.29, 1.82) is 0 Å². The molecule has 5 heteroatoms. The average Bonchev–Trinajstić information content (AvgIpc) is 2.98. The maximum Gasteiger partial charge on any atom is 0.269 e. The third kappa shape index (κ3) is 2.76. The number of aryl methyl sites for hydroxylation is 1. The number of anilines is 1. The summed E-state index contributed by atoms with van der Waals surface area (Å²) < 4.78 is 0. The van der Waals surface area contributed by atoms with Gasteiger partial charge in [0.1, 0.15) is 0 Å².